The average molecular weight is 510 g/mol. The highest BCUT2D eigenvalue weighted by atomic mass is 35.5. The lowest BCUT2D eigenvalue weighted by Gasteiger charge is -2.46. The van der Waals surface area contributed by atoms with Gasteiger partial charge in [-0.15, -0.1) is 0 Å². The summed E-state index contributed by atoms with van der Waals surface area (Å²) in [4.78, 5) is 71.2. The van der Waals surface area contributed by atoms with Crippen molar-refractivity contribution >= 4 is 47.4 Å². The Morgan fingerprint density at radius 1 is 0.971 bits per heavy atom. The Morgan fingerprint density at radius 3 is 2.00 bits per heavy atom. The van der Waals surface area contributed by atoms with E-state index in [2.05, 4.69) is 10.1 Å². The number of nitrogens with one attached hydrogen (secondary N) is 1. The first kappa shape index (κ1) is 29.1. The summed E-state index contributed by atoms with van der Waals surface area (Å²) in [6.07, 6.45) is -6.29. The van der Waals surface area contributed by atoms with Crippen molar-refractivity contribution in [2.75, 3.05) is 13.7 Å². The maximum atomic E-state index is 12.4. The molecule has 0 spiro atoms. The van der Waals surface area contributed by atoms with Gasteiger partial charge < -0.3 is 33.7 Å². The number of methoxy groups -OCH3 is 1. The van der Waals surface area contributed by atoms with Crippen LogP contribution in [-0.2, 0) is 57.2 Å². The minimum absolute atomic E-state index is 0.447. The maximum absolute atomic E-state index is 12.4. The van der Waals surface area contributed by atoms with E-state index in [1.165, 1.54) is 0 Å². The Balaban J connectivity index is 3.64. The molecule has 1 heterocycles. The van der Waals surface area contributed by atoms with Gasteiger partial charge in [0.25, 0.3) is 0 Å². The molecular formula is C20H28ClNO12. The van der Waals surface area contributed by atoms with Crippen LogP contribution in [0.25, 0.3) is 0 Å². The van der Waals surface area contributed by atoms with E-state index in [-0.39, 0.29) is 0 Å². The topological polar surface area (TPSA) is 170 Å². The van der Waals surface area contributed by atoms with Crippen molar-refractivity contribution in [1.29, 1.82) is 0 Å². The number of hydrogen-bond donors (Lipinski definition) is 1. The Morgan fingerprint density at radius 2 is 1.56 bits per heavy atom. The number of hydrogen-bond acceptors (Lipinski definition) is 12. The predicted octanol–water partition coefficient (Wildman–Crippen LogP) is -0.254. The predicted molar refractivity (Wildman–Crippen MR) is 111 cm³/mol. The quantitative estimate of drug-likeness (QED) is 0.246. The van der Waals surface area contributed by atoms with Crippen molar-refractivity contribution in [3.63, 3.8) is 0 Å². The zero-order valence-electron chi connectivity index (χ0n) is 19.6. The molecule has 0 saturated carbocycles. The number of carbonyl (C=O) groups is 6. The number of rotatable bonds is 9. The summed E-state index contributed by atoms with van der Waals surface area (Å²) in [5.74, 6) is -4.87. The first-order chi connectivity index (χ1) is 15.7. The number of esters is 5. The number of alkyl halides is 1. The van der Waals surface area contributed by atoms with Gasteiger partial charge in [-0.3, -0.25) is 24.0 Å². The molecule has 1 N–H and O–H groups in total. The third-order valence-corrected chi connectivity index (χ3v) is 4.88. The average Bonchev–Trinajstić information content (AvgIpc) is 2.69. The molecule has 1 amide bonds. The molecule has 0 radical (unpaired) electrons. The summed E-state index contributed by atoms with van der Waals surface area (Å²) in [6, 6.07) is -1.24. The fourth-order valence-corrected chi connectivity index (χ4v) is 3.71. The molecule has 0 aromatic carbocycles. The zero-order chi connectivity index (χ0) is 26.2. The van der Waals surface area contributed by atoms with Gasteiger partial charge in [-0.2, -0.15) is 0 Å². The maximum Gasteiger partial charge on any atom is 0.354 e. The van der Waals surface area contributed by atoms with Crippen molar-refractivity contribution in [3.8, 4) is 0 Å². The lowest BCUT2D eigenvalue weighted by molar-refractivity contribution is -0.225. The molecule has 14 heteroatoms. The minimum atomic E-state index is -2.24. The Labute approximate surface area is 200 Å². The van der Waals surface area contributed by atoms with Gasteiger partial charge in [0.15, 0.2) is 12.2 Å². The molecule has 1 aliphatic heterocycles. The van der Waals surface area contributed by atoms with Crippen molar-refractivity contribution in [1.82, 2.24) is 5.32 Å². The molecule has 0 aliphatic carbocycles. The van der Waals surface area contributed by atoms with Gasteiger partial charge in [0.05, 0.1) is 13.2 Å². The molecule has 6 atom stereocenters. The van der Waals surface area contributed by atoms with Crippen LogP contribution in [0.2, 0.25) is 0 Å². The van der Waals surface area contributed by atoms with Gasteiger partial charge in [0.1, 0.15) is 18.8 Å². The molecule has 0 bridgehead atoms. The number of amides is 1. The van der Waals surface area contributed by atoms with E-state index in [1.807, 2.05) is 0 Å². The van der Waals surface area contributed by atoms with Gasteiger partial charge in [-0.25, -0.2) is 4.79 Å². The summed E-state index contributed by atoms with van der Waals surface area (Å²) in [5, 5.41) is 0.276. The molecule has 1 unspecified atom stereocenters. The van der Waals surface area contributed by atoms with Crippen LogP contribution in [0.4, 0.5) is 0 Å². The van der Waals surface area contributed by atoms with Crippen LogP contribution in [0, 0.1) is 0 Å². The fraction of sp³-hybridized carbons (Fsp3) is 0.700. The van der Waals surface area contributed by atoms with E-state index in [9.17, 15) is 28.8 Å². The molecule has 0 aromatic rings. The van der Waals surface area contributed by atoms with Gasteiger partial charge >= 0.3 is 29.8 Å². The van der Waals surface area contributed by atoms with Crippen LogP contribution in [0.15, 0.2) is 0 Å². The Hall–Kier alpha value is -2.93. The van der Waals surface area contributed by atoms with Gasteiger partial charge in [-0.1, -0.05) is 11.6 Å². The molecule has 192 valence electrons. The summed E-state index contributed by atoms with van der Waals surface area (Å²) in [5.41, 5.74) is 0. The Bertz CT molecular complexity index is 817. The van der Waals surface area contributed by atoms with Crippen LogP contribution < -0.4 is 5.32 Å². The smallest absolute Gasteiger partial charge is 0.354 e. The number of halogens is 1. The molecule has 1 aliphatic rings. The Kier molecular flexibility index (Phi) is 10.7. The van der Waals surface area contributed by atoms with Crippen molar-refractivity contribution in [3.05, 3.63) is 0 Å². The minimum Gasteiger partial charge on any atom is -0.466 e. The van der Waals surface area contributed by atoms with Crippen molar-refractivity contribution in [2.24, 2.45) is 0 Å². The standard InChI is InChI=1S/C20H28ClNO12/c1-9(23)22-16-14(31-11(3)25)7-20(21,19(28)29-6)34-18(16)17(33-13(5)27)15(32-12(4)26)8-30-10(2)24/h14-18H,7-8H2,1-6H3,(H,22,23)/t14-,15+,16+,17+,18+,20?/m1/s1. The summed E-state index contributed by atoms with van der Waals surface area (Å²) >= 11 is 6.38. The molecule has 1 fully saturated rings. The molecule has 13 nitrogen and oxygen atoms in total. The highest BCUT2D eigenvalue weighted by Gasteiger charge is 2.57. The SMILES string of the molecule is COC(=O)C1(Cl)C[C@@H](OC(C)=O)[C@H](NC(C)=O)[C@@H]([C@@H](OC(C)=O)[C@H](COC(C)=O)OC(C)=O)O1. The molecular weight excluding hydrogens is 482 g/mol. The second kappa shape index (κ2) is 12.5. The van der Waals surface area contributed by atoms with E-state index < -0.39 is 84.3 Å². The monoisotopic (exact) mass is 509 g/mol. The highest BCUT2D eigenvalue weighted by Crippen LogP contribution is 2.38. The summed E-state index contributed by atoms with van der Waals surface area (Å²) < 4.78 is 31.2. The normalized spacial score (nSPS) is 25.7. The molecule has 0 aromatic heterocycles. The molecule has 34 heavy (non-hydrogen) atoms. The van der Waals surface area contributed by atoms with Gasteiger partial charge in [0, 0.05) is 41.0 Å². The summed E-state index contributed by atoms with van der Waals surface area (Å²) in [7, 11) is 1.04. The van der Waals surface area contributed by atoms with Crippen LogP contribution in [0.3, 0.4) is 0 Å². The highest BCUT2D eigenvalue weighted by molar-refractivity contribution is 6.32. The third kappa shape index (κ3) is 8.45. The van der Waals surface area contributed by atoms with Crippen molar-refractivity contribution in [2.45, 2.75) is 76.6 Å². The fourth-order valence-electron chi connectivity index (χ4n) is 3.38. The van der Waals surface area contributed by atoms with Gasteiger partial charge in [-0.05, 0) is 0 Å². The molecule has 1 saturated heterocycles. The van der Waals surface area contributed by atoms with Crippen molar-refractivity contribution < 1.29 is 57.2 Å². The largest absolute Gasteiger partial charge is 0.466 e. The van der Waals surface area contributed by atoms with Crippen LogP contribution >= 0.6 is 11.6 Å². The lowest BCUT2D eigenvalue weighted by Crippen LogP contribution is -2.67. The first-order valence-corrected chi connectivity index (χ1v) is 10.4. The zero-order valence-corrected chi connectivity index (χ0v) is 20.3. The second-order valence-electron chi connectivity index (χ2n) is 7.41. The van der Waals surface area contributed by atoms with E-state index >= 15 is 0 Å². The number of ether oxygens (including phenoxy) is 6. The van der Waals surface area contributed by atoms with E-state index in [4.69, 9.17) is 35.3 Å². The lowest BCUT2D eigenvalue weighted by atomic mass is 9.89. The first-order valence-electron chi connectivity index (χ1n) is 10.1. The van der Waals surface area contributed by atoms with Crippen LogP contribution in [-0.4, -0.2) is 85.0 Å². The van der Waals surface area contributed by atoms with Crippen LogP contribution in [0.5, 0.6) is 0 Å². The summed E-state index contributed by atoms with van der Waals surface area (Å²) in [6.45, 7) is 4.87. The number of carbonyl (C=O) groups excluding carboxylic acids is 6. The van der Waals surface area contributed by atoms with Crippen LogP contribution in [0.1, 0.15) is 41.0 Å². The van der Waals surface area contributed by atoms with E-state index in [0.717, 1.165) is 41.7 Å². The van der Waals surface area contributed by atoms with E-state index in [0.29, 0.717) is 0 Å². The molecule has 1 rings (SSSR count). The van der Waals surface area contributed by atoms with E-state index in [1.54, 1.807) is 0 Å². The van der Waals surface area contributed by atoms with Gasteiger partial charge in [0.2, 0.25) is 11.0 Å². The third-order valence-electron chi connectivity index (χ3n) is 4.48. The second-order valence-corrected chi connectivity index (χ2v) is 8.02.